The molecule has 0 aliphatic rings. The van der Waals surface area contributed by atoms with Crippen molar-refractivity contribution in [1.29, 1.82) is 0 Å². The second kappa shape index (κ2) is 10.4. The van der Waals surface area contributed by atoms with Crippen LogP contribution in [-0.4, -0.2) is 44.2 Å². The number of carbonyl (C=O) groups excluding carboxylic acids is 1. The number of halogens is 1. The summed E-state index contributed by atoms with van der Waals surface area (Å²) in [6.45, 7) is 3.61. The summed E-state index contributed by atoms with van der Waals surface area (Å²) >= 11 is 0. The molecule has 0 aliphatic carbocycles. The number of ether oxygens (including phenoxy) is 2. The van der Waals surface area contributed by atoms with Crippen molar-refractivity contribution in [2.45, 2.75) is 13.3 Å². The maximum Gasteiger partial charge on any atom is 0.238 e. The minimum absolute atomic E-state index is 0.147. The SMILES string of the molecule is CCCOc1ccccc1NC(=O)CN(C)CCOc1ccccc1F. The smallest absolute Gasteiger partial charge is 0.238 e. The number of benzene rings is 2. The molecule has 0 saturated carbocycles. The molecule has 1 N–H and O–H groups in total. The third-order valence-electron chi connectivity index (χ3n) is 3.60. The van der Waals surface area contributed by atoms with E-state index in [2.05, 4.69) is 5.32 Å². The van der Waals surface area contributed by atoms with Crippen LogP contribution in [0.5, 0.6) is 11.5 Å². The first kappa shape index (κ1) is 19.7. The maximum atomic E-state index is 13.5. The standard InChI is InChI=1S/C20H25FN2O3/c1-3-13-25-19-11-7-5-9-17(19)22-20(24)15-23(2)12-14-26-18-10-6-4-8-16(18)21/h4-11H,3,12-15H2,1-2H3,(H,22,24). The van der Waals surface area contributed by atoms with Crippen molar-refractivity contribution in [2.24, 2.45) is 0 Å². The summed E-state index contributed by atoms with van der Waals surface area (Å²) in [5.41, 5.74) is 0.655. The summed E-state index contributed by atoms with van der Waals surface area (Å²) in [5, 5.41) is 2.86. The highest BCUT2D eigenvalue weighted by Crippen LogP contribution is 2.23. The zero-order valence-electron chi connectivity index (χ0n) is 15.2. The molecule has 0 fully saturated rings. The second-order valence-corrected chi connectivity index (χ2v) is 5.91. The highest BCUT2D eigenvalue weighted by Gasteiger charge is 2.10. The van der Waals surface area contributed by atoms with Gasteiger partial charge in [0.05, 0.1) is 18.8 Å². The number of carbonyl (C=O) groups is 1. The lowest BCUT2D eigenvalue weighted by Crippen LogP contribution is -2.33. The molecule has 26 heavy (non-hydrogen) atoms. The number of amides is 1. The molecule has 0 atom stereocenters. The van der Waals surface area contributed by atoms with Crippen molar-refractivity contribution in [3.63, 3.8) is 0 Å². The van der Waals surface area contributed by atoms with Crippen LogP contribution in [0.4, 0.5) is 10.1 Å². The van der Waals surface area contributed by atoms with Gasteiger partial charge in [0.2, 0.25) is 5.91 Å². The Morgan fingerprint density at radius 1 is 1.04 bits per heavy atom. The predicted molar refractivity (Wildman–Crippen MR) is 100 cm³/mol. The average Bonchev–Trinajstić information content (AvgIpc) is 2.62. The monoisotopic (exact) mass is 360 g/mol. The fraction of sp³-hybridized carbons (Fsp3) is 0.350. The van der Waals surface area contributed by atoms with Gasteiger partial charge in [-0.25, -0.2) is 4.39 Å². The van der Waals surface area contributed by atoms with Crippen LogP contribution in [0.3, 0.4) is 0 Å². The first-order valence-corrected chi connectivity index (χ1v) is 8.67. The molecule has 0 unspecified atom stereocenters. The van der Waals surface area contributed by atoms with Crippen LogP contribution < -0.4 is 14.8 Å². The van der Waals surface area contributed by atoms with Crippen molar-refractivity contribution >= 4 is 11.6 Å². The molecule has 2 aromatic carbocycles. The number of hydrogen-bond donors (Lipinski definition) is 1. The molecule has 2 aromatic rings. The Morgan fingerprint density at radius 3 is 2.42 bits per heavy atom. The molecule has 6 heteroatoms. The van der Waals surface area contributed by atoms with Gasteiger partial charge < -0.3 is 14.8 Å². The number of likely N-dealkylation sites (N-methyl/N-ethyl adjacent to an activating group) is 1. The molecule has 0 aromatic heterocycles. The first-order chi connectivity index (χ1) is 12.6. The molecule has 140 valence electrons. The molecule has 0 saturated heterocycles. The van der Waals surface area contributed by atoms with Crippen molar-refractivity contribution in [3.8, 4) is 11.5 Å². The lowest BCUT2D eigenvalue weighted by molar-refractivity contribution is -0.117. The van der Waals surface area contributed by atoms with Crippen LogP contribution in [0, 0.1) is 5.82 Å². The van der Waals surface area contributed by atoms with E-state index < -0.39 is 5.82 Å². The summed E-state index contributed by atoms with van der Waals surface area (Å²) in [5.74, 6) is 0.336. The molecular formula is C20H25FN2O3. The highest BCUT2D eigenvalue weighted by atomic mass is 19.1. The van der Waals surface area contributed by atoms with Gasteiger partial charge in [-0.05, 0) is 37.7 Å². The normalized spacial score (nSPS) is 10.6. The fourth-order valence-electron chi connectivity index (χ4n) is 2.29. The van der Waals surface area contributed by atoms with E-state index >= 15 is 0 Å². The van der Waals surface area contributed by atoms with Crippen LogP contribution in [0.1, 0.15) is 13.3 Å². The number of anilines is 1. The summed E-state index contributed by atoms with van der Waals surface area (Å²) in [6, 6.07) is 13.6. The molecule has 0 heterocycles. The van der Waals surface area contributed by atoms with Crippen molar-refractivity contribution < 1.29 is 18.7 Å². The Kier molecular flexibility index (Phi) is 7.89. The topological polar surface area (TPSA) is 50.8 Å². The molecular weight excluding hydrogens is 335 g/mol. The zero-order chi connectivity index (χ0) is 18.8. The third kappa shape index (κ3) is 6.37. The summed E-state index contributed by atoms with van der Waals surface area (Å²) in [6.07, 6.45) is 0.896. The van der Waals surface area contributed by atoms with Crippen molar-refractivity contribution in [1.82, 2.24) is 4.90 Å². The van der Waals surface area contributed by atoms with E-state index in [0.717, 1.165) is 6.42 Å². The Bertz CT molecular complexity index is 709. The van der Waals surface area contributed by atoms with Crippen LogP contribution >= 0.6 is 0 Å². The van der Waals surface area contributed by atoms with Gasteiger partial charge in [-0.3, -0.25) is 9.69 Å². The van der Waals surface area contributed by atoms with E-state index in [4.69, 9.17) is 9.47 Å². The zero-order valence-corrected chi connectivity index (χ0v) is 15.2. The van der Waals surface area contributed by atoms with E-state index in [9.17, 15) is 9.18 Å². The van der Waals surface area contributed by atoms with Gasteiger partial charge in [0, 0.05) is 6.54 Å². The largest absolute Gasteiger partial charge is 0.491 e. The lowest BCUT2D eigenvalue weighted by atomic mass is 10.3. The molecule has 5 nitrogen and oxygen atoms in total. The van der Waals surface area contributed by atoms with Gasteiger partial charge in [0.1, 0.15) is 12.4 Å². The summed E-state index contributed by atoms with van der Waals surface area (Å²) < 4.78 is 24.5. The van der Waals surface area contributed by atoms with Gasteiger partial charge in [-0.2, -0.15) is 0 Å². The first-order valence-electron chi connectivity index (χ1n) is 8.67. The molecule has 0 radical (unpaired) electrons. The minimum atomic E-state index is -0.392. The van der Waals surface area contributed by atoms with Crippen molar-refractivity contribution in [3.05, 3.63) is 54.3 Å². The lowest BCUT2D eigenvalue weighted by Gasteiger charge is -2.17. The highest BCUT2D eigenvalue weighted by molar-refractivity contribution is 5.93. The van der Waals surface area contributed by atoms with Gasteiger partial charge in [0.15, 0.2) is 11.6 Å². The van der Waals surface area contributed by atoms with E-state index in [0.29, 0.717) is 31.2 Å². The van der Waals surface area contributed by atoms with E-state index in [1.54, 1.807) is 18.2 Å². The molecule has 0 aliphatic heterocycles. The van der Waals surface area contributed by atoms with Crippen LogP contribution in [0.15, 0.2) is 48.5 Å². The van der Waals surface area contributed by atoms with Crippen LogP contribution in [-0.2, 0) is 4.79 Å². The maximum absolute atomic E-state index is 13.5. The van der Waals surface area contributed by atoms with E-state index in [1.165, 1.54) is 6.07 Å². The number of rotatable bonds is 10. The average molecular weight is 360 g/mol. The number of nitrogens with one attached hydrogen (secondary N) is 1. The number of para-hydroxylation sites is 3. The quantitative estimate of drug-likeness (QED) is 0.704. The van der Waals surface area contributed by atoms with Crippen LogP contribution in [0.25, 0.3) is 0 Å². The summed E-state index contributed by atoms with van der Waals surface area (Å²) in [7, 11) is 1.81. The summed E-state index contributed by atoms with van der Waals surface area (Å²) in [4.78, 5) is 14.0. The van der Waals surface area contributed by atoms with Crippen molar-refractivity contribution in [2.75, 3.05) is 38.7 Å². The van der Waals surface area contributed by atoms with Gasteiger partial charge in [0.25, 0.3) is 0 Å². The van der Waals surface area contributed by atoms with Crippen LogP contribution in [0.2, 0.25) is 0 Å². The predicted octanol–water partition coefficient (Wildman–Crippen LogP) is 3.56. The number of nitrogens with zero attached hydrogens (tertiary/aromatic N) is 1. The second-order valence-electron chi connectivity index (χ2n) is 5.91. The third-order valence-corrected chi connectivity index (χ3v) is 3.60. The molecule has 0 bridgehead atoms. The van der Waals surface area contributed by atoms with Gasteiger partial charge in [-0.1, -0.05) is 31.2 Å². The van der Waals surface area contributed by atoms with Gasteiger partial charge >= 0.3 is 0 Å². The Labute approximate surface area is 153 Å². The molecule has 0 spiro atoms. The molecule has 2 rings (SSSR count). The number of hydrogen-bond acceptors (Lipinski definition) is 4. The van der Waals surface area contributed by atoms with E-state index in [1.807, 2.05) is 43.1 Å². The van der Waals surface area contributed by atoms with Gasteiger partial charge in [-0.15, -0.1) is 0 Å². The molecule has 1 amide bonds. The fourth-order valence-corrected chi connectivity index (χ4v) is 2.29. The Hall–Kier alpha value is -2.60. The Balaban J connectivity index is 1.78. The minimum Gasteiger partial charge on any atom is -0.491 e. The Morgan fingerprint density at radius 2 is 1.69 bits per heavy atom. The van der Waals surface area contributed by atoms with E-state index in [-0.39, 0.29) is 18.2 Å².